The molecule has 0 spiro atoms. The minimum absolute atomic E-state index is 0.714. The summed E-state index contributed by atoms with van der Waals surface area (Å²) < 4.78 is 0.876. The van der Waals surface area contributed by atoms with E-state index in [-0.39, 0.29) is 0 Å². The average Bonchev–Trinajstić information content (AvgIpc) is 2.17. The van der Waals surface area contributed by atoms with Crippen LogP contribution in [0.4, 0.5) is 0 Å². The van der Waals surface area contributed by atoms with Gasteiger partial charge in [-0.3, -0.25) is 4.98 Å². The van der Waals surface area contributed by atoms with Gasteiger partial charge in [0.15, 0.2) is 0 Å². The Hall–Kier alpha value is -0.410. The van der Waals surface area contributed by atoms with Crippen LogP contribution in [0.1, 0.15) is 32.3 Å². The molecule has 0 saturated heterocycles. The maximum Gasteiger partial charge on any atom is 0.0903 e. The summed E-state index contributed by atoms with van der Waals surface area (Å²) in [6, 6.07) is 1.86. The molecule has 1 heterocycles. The summed E-state index contributed by atoms with van der Waals surface area (Å²) in [7, 11) is 0. The zero-order chi connectivity index (χ0) is 9.90. The number of halogens is 1. The van der Waals surface area contributed by atoms with Crippen LogP contribution in [0, 0.1) is 0 Å². The quantitative estimate of drug-likeness (QED) is 0.886. The molecule has 1 N–H and O–H groups in total. The molecule has 0 saturated carbocycles. The van der Waals surface area contributed by atoms with Gasteiger partial charge < -0.3 is 5.11 Å². The van der Waals surface area contributed by atoms with Crippen LogP contribution in [0.25, 0.3) is 0 Å². The van der Waals surface area contributed by atoms with E-state index in [1.165, 1.54) is 0 Å². The predicted molar refractivity (Wildman–Crippen MR) is 56.4 cm³/mol. The van der Waals surface area contributed by atoms with Gasteiger partial charge in [0.1, 0.15) is 0 Å². The Morgan fingerprint density at radius 3 is 2.54 bits per heavy atom. The molecular formula is C10H14BrNO. The van der Waals surface area contributed by atoms with Crippen molar-refractivity contribution < 1.29 is 5.11 Å². The number of rotatable bonds is 3. The van der Waals surface area contributed by atoms with Crippen LogP contribution in [0.2, 0.25) is 0 Å². The monoisotopic (exact) mass is 243 g/mol. The Kier molecular flexibility index (Phi) is 3.45. The predicted octanol–water partition coefficient (Wildman–Crippen LogP) is 2.85. The highest BCUT2D eigenvalue weighted by molar-refractivity contribution is 9.10. The standard InChI is InChI=1S/C10H14BrNO/c1-3-10(13,4-2)8-5-6-12-7-9(8)11/h5-7,13H,3-4H2,1-2H3. The minimum Gasteiger partial charge on any atom is -0.385 e. The Morgan fingerprint density at radius 1 is 1.46 bits per heavy atom. The first kappa shape index (κ1) is 10.7. The fraction of sp³-hybridized carbons (Fsp3) is 0.500. The molecule has 0 radical (unpaired) electrons. The Balaban J connectivity index is 3.12. The number of pyridine rings is 1. The van der Waals surface area contributed by atoms with Crippen molar-refractivity contribution in [2.75, 3.05) is 0 Å². The highest BCUT2D eigenvalue weighted by atomic mass is 79.9. The zero-order valence-corrected chi connectivity index (χ0v) is 9.50. The van der Waals surface area contributed by atoms with E-state index in [1.807, 2.05) is 19.9 Å². The van der Waals surface area contributed by atoms with Crippen molar-refractivity contribution >= 4 is 15.9 Å². The third-order valence-corrected chi connectivity index (χ3v) is 3.08. The second-order valence-electron chi connectivity index (χ2n) is 3.09. The molecule has 1 aromatic heterocycles. The van der Waals surface area contributed by atoms with Crippen LogP contribution in [-0.4, -0.2) is 10.1 Å². The second-order valence-corrected chi connectivity index (χ2v) is 3.95. The van der Waals surface area contributed by atoms with Crippen LogP contribution in [0.15, 0.2) is 22.9 Å². The largest absolute Gasteiger partial charge is 0.385 e. The number of aliphatic hydroxyl groups is 1. The third kappa shape index (κ3) is 2.09. The average molecular weight is 244 g/mol. The van der Waals surface area contributed by atoms with Crippen molar-refractivity contribution in [1.82, 2.24) is 4.98 Å². The number of hydrogen-bond donors (Lipinski definition) is 1. The summed E-state index contributed by atoms with van der Waals surface area (Å²) in [4.78, 5) is 3.97. The summed E-state index contributed by atoms with van der Waals surface area (Å²) in [5.41, 5.74) is 0.203. The van der Waals surface area contributed by atoms with Gasteiger partial charge in [-0.1, -0.05) is 13.8 Å². The molecule has 2 nitrogen and oxygen atoms in total. The topological polar surface area (TPSA) is 33.1 Å². The van der Waals surface area contributed by atoms with Crippen molar-refractivity contribution in [3.8, 4) is 0 Å². The first-order valence-corrected chi connectivity index (χ1v) is 5.25. The fourth-order valence-corrected chi connectivity index (χ4v) is 2.00. The molecule has 0 amide bonds. The van der Waals surface area contributed by atoms with Crippen molar-refractivity contribution in [3.05, 3.63) is 28.5 Å². The molecule has 3 heteroatoms. The van der Waals surface area contributed by atoms with Gasteiger partial charge in [0, 0.05) is 22.4 Å². The van der Waals surface area contributed by atoms with Gasteiger partial charge in [0.2, 0.25) is 0 Å². The molecule has 0 aliphatic rings. The maximum atomic E-state index is 10.2. The first-order chi connectivity index (χ1) is 6.14. The smallest absolute Gasteiger partial charge is 0.0903 e. The van der Waals surface area contributed by atoms with E-state index in [2.05, 4.69) is 20.9 Å². The lowest BCUT2D eigenvalue weighted by Gasteiger charge is -2.26. The van der Waals surface area contributed by atoms with Crippen LogP contribution < -0.4 is 0 Å². The molecule has 1 aromatic rings. The van der Waals surface area contributed by atoms with Gasteiger partial charge in [0.25, 0.3) is 0 Å². The van der Waals surface area contributed by atoms with Gasteiger partial charge in [0.05, 0.1) is 5.60 Å². The molecule has 13 heavy (non-hydrogen) atoms. The van der Waals surface area contributed by atoms with Crippen LogP contribution in [-0.2, 0) is 5.60 Å². The van der Waals surface area contributed by atoms with E-state index in [0.29, 0.717) is 12.8 Å². The van der Waals surface area contributed by atoms with Crippen LogP contribution in [0.3, 0.4) is 0 Å². The summed E-state index contributed by atoms with van der Waals surface area (Å²) in [6.45, 7) is 3.97. The van der Waals surface area contributed by atoms with E-state index < -0.39 is 5.60 Å². The first-order valence-electron chi connectivity index (χ1n) is 4.46. The number of hydrogen-bond acceptors (Lipinski definition) is 2. The van der Waals surface area contributed by atoms with E-state index in [0.717, 1.165) is 10.0 Å². The lowest BCUT2D eigenvalue weighted by molar-refractivity contribution is 0.0276. The molecule has 0 atom stereocenters. The molecule has 0 unspecified atom stereocenters. The summed E-state index contributed by atoms with van der Waals surface area (Å²) in [6.07, 6.45) is 4.85. The lowest BCUT2D eigenvalue weighted by Crippen LogP contribution is -2.23. The van der Waals surface area contributed by atoms with Gasteiger partial charge >= 0.3 is 0 Å². The van der Waals surface area contributed by atoms with Crippen molar-refractivity contribution in [2.45, 2.75) is 32.3 Å². The molecule has 1 rings (SSSR count). The molecule has 0 aliphatic carbocycles. The summed E-state index contributed by atoms with van der Waals surface area (Å²) in [5.74, 6) is 0. The third-order valence-electron chi connectivity index (χ3n) is 2.44. The molecule has 0 fully saturated rings. The van der Waals surface area contributed by atoms with E-state index in [9.17, 15) is 5.11 Å². The van der Waals surface area contributed by atoms with Crippen molar-refractivity contribution in [3.63, 3.8) is 0 Å². The second kappa shape index (κ2) is 4.20. The molecular weight excluding hydrogens is 230 g/mol. The molecule has 72 valence electrons. The lowest BCUT2D eigenvalue weighted by atomic mass is 9.89. The van der Waals surface area contributed by atoms with E-state index in [1.54, 1.807) is 12.4 Å². The van der Waals surface area contributed by atoms with Crippen LogP contribution in [0.5, 0.6) is 0 Å². The highest BCUT2D eigenvalue weighted by Crippen LogP contribution is 2.32. The SMILES string of the molecule is CCC(O)(CC)c1ccncc1Br. The van der Waals surface area contributed by atoms with Gasteiger partial charge in [-0.05, 0) is 34.8 Å². The zero-order valence-electron chi connectivity index (χ0n) is 7.92. The normalized spacial score (nSPS) is 11.7. The Labute approximate surface area is 87.1 Å². The maximum absolute atomic E-state index is 10.2. The van der Waals surface area contributed by atoms with E-state index in [4.69, 9.17) is 0 Å². The Bertz CT molecular complexity index is 284. The minimum atomic E-state index is -0.720. The molecule has 0 bridgehead atoms. The van der Waals surface area contributed by atoms with Gasteiger partial charge in [-0.25, -0.2) is 0 Å². The summed E-state index contributed by atoms with van der Waals surface area (Å²) >= 11 is 3.39. The van der Waals surface area contributed by atoms with Gasteiger partial charge in [-0.15, -0.1) is 0 Å². The molecule has 0 aliphatic heterocycles. The fourth-order valence-electron chi connectivity index (χ4n) is 1.38. The number of aromatic nitrogens is 1. The molecule has 0 aromatic carbocycles. The van der Waals surface area contributed by atoms with Crippen LogP contribution >= 0.6 is 15.9 Å². The van der Waals surface area contributed by atoms with Gasteiger partial charge in [-0.2, -0.15) is 0 Å². The van der Waals surface area contributed by atoms with E-state index >= 15 is 0 Å². The highest BCUT2D eigenvalue weighted by Gasteiger charge is 2.26. The number of nitrogens with zero attached hydrogens (tertiary/aromatic N) is 1. The van der Waals surface area contributed by atoms with Crippen molar-refractivity contribution in [2.24, 2.45) is 0 Å². The van der Waals surface area contributed by atoms with Crippen molar-refractivity contribution in [1.29, 1.82) is 0 Å². The Morgan fingerprint density at radius 2 is 2.08 bits per heavy atom. The summed E-state index contributed by atoms with van der Waals surface area (Å²) in [5, 5.41) is 10.2.